The number of hydrogen-bond acceptors (Lipinski definition) is 5. The molecule has 0 amide bonds. The van der Waals surface area contributed by atoms with Crippen LogP contribution in [0.1, 0.15) is 0 Å². The van der Waals surface area contributed by atoms with E-state index in [0.29, 0.717) is 18.0 Å². The molecule has 114 valence electrons. The van der Waals surface area contributed by atoms with E-state index >= 15 is 0 Å². The van der Waals surface area contributed by atoms with Gasteiger partial charge in [0.2, 0.25) is 0 Å². The SMILES string of the molecule is COCCn1c(-c2cc(Br)cc(Br)c2)nnc1S(N)(=O)=O. The van der Waals surface area contributed by atoms with E-state index in [1.54, 1.807) is 0 Å². The zero-order valence-corrected chi connectivity index (χ0v) is 14.9. The van der Waals surface area contributed by atoms with Crippen molar-refractivity contribution in [1.29, 1.82) is 0 Å². The first-order chi connectivity index (χ1) is 9.82. The zero-order chi connectivity index (χ0) is 15.6. The molecule has 0 aliphatic rings. The monoisotopic (exact) mass is 438 g/mol. The molecular formula is C11H12Br2N4O3S. The Morgan fingerprint density at radius 1 is 1.24 bits per heavy atom. The smallest absolute Gasteiger partial charge is 0.273 e. The van der Waals surface area contributed by atoms with Crippen molar-refractivity contribution in [2.24, 2.45) is 5.14 Å². The molecule has 0 aliphatic carbocycles. The van der Waals surface area contributed by atoms with Crippen molar-refractivity contribution >= 4 is 41.9 Å². The maximum atomic E-state index is 11.6. The van der Waals surface area contributed by atoms with Crippen LogP contribution in [0.25, 0.3) is 11.4 Å². The average molecular weight is 440 g/mol. The highest BCUT2D eigenvalue weighted by atomic mass is 79.9. The molecule has 0 atom stereocenters. The van der Waals surface area contributed by atoms with Gasteiger partial charge in [-0.15, -0.1) is 10.2 Å². The number of nitrogens with two attached hydrogens (primary N) is 1. The maximum Gasteiger partial charge on any atom is 0.273 e. The van der Waals surface area contributed by atoms with E-state index in [0.717, 1.165) is 8.95 Å². The molecule has 1 heterocycles. The van der Waals surface area contributed by atoms with E-state index in [2.05, 4.69) is 42.1 Å². The minimum Gasteiger partial charge on any atom is -0.383 e. The van der Waals surface area contributed by atoms with Gasteiger partial charge in [0.15, 0.2) is 5.82 Å². The Balaban J connectivity index is 2.60. The van der Waals surface area contributed by atoms with E-state index in [4.69, 9.17) is 9.88 Å². The van der Waals surface area contributed by atoms with E-state index in [1.807, 2.05) is 18.2 Å². The molecule has 0 unspecified atom stereocenters. The highest BCUT2D eigenvalue weighted by Gasteiger charge is 2.22. The van der Waals surface area contributed by atoms with Gasteiger partial charge in [0.05, 0.1) is 13.2 Å². The van der Waals surface area contributed by atoms with Gasteiger partial charge in [-0.1, -0.05) is 31.9 Å². The maximum absolute atomic E-state index is 11.6. The predicted octanol–water partition coefficient (Wildman–Crippen LogP) is 1.76. The highest BCUT2D eigenvalue weighted by Crippen LogP contribution is 2.27. The lowest BCUT2D eigenvalue weighted by atomic mass is 10.2. The second-order valence-corrected chi connectivity index (χ2v) is 7.44. The molecular weight excluding hydrogens is 428 g/mol. The summed E-state index contributed by atoms with van der Waals surface area (Å²) in [6, 6.07) is 5.48. The number of sulfonamides is 1. The van der Waals surface area contributed by atoms with Gasteiger partial charge in [-0.3, -0.25) is 4.57 Å². The summed E-state index contributed by atoms with van der Waals surface area (Å²) in [6.45, 7) is 0.581. The van der Waals surface area contributed by atoms with Crippen LogP contribution in [0.2, 0.25) is 0 Å². The van der Waals surface area contributed by atoms with E-state index < -0.39 is 10.0 Å². The fraction of sp³-hybridized carbons (Fsp3) is 0.273. The molecule has 1 aromatic heterocycles. The fourth-order valence-corrected chi connectivity index (χ4v) is 3.71. The van der Waals surface area contributed by atoms with Crippen molar-refractivity contribution in [3.63, 3.8) is 0 Å². The van der Waals surface area contributed by atoms with Crippen molar-refractivity contribution < 1.29 is 13.2 Å². The summed E-state index contributed by atoms with van der Waals surface area (Å²) in [6.07, 6.45) is 0. The molecule has 0 spiro atoms. The van der Waals surface area contributed by atoms with Crippen molar-refractivity contribution in [2.75, 3.05) is 13.7 Å². The molecule has 1 aromatic carbocycles. The van der Waals surface area contributed by atoms with Gasteiger partial charge in [0, 0.05) is 21.6 Å². The van der Waals surface area contributed by atoms with Crippen LogP contribution in [0, 0.1) is 0 Å². The van der Waals surface area contributed by atoms with Crippen LogP contribution >= 0.6 is 31.9 Å². The number of halogens is 2. The second kappa shape index (κ2) is 6.53. The highest BCUT2D eigenvalue weighted by molar-refractivity contribution is 9.11. The van der Waals surface area contributed by atoms with Gasteiger partial charge in [0.25, 0.3) is 15.2 Å². The van der Waals surface area contributed by atoms with Crippen LogP contribution in [0.5, 0.6) is 0 Å². The molecule has 0 aliphatic heterocycles. The van der Waals surface area contributed by atoms with Crippen LogP contribution < -0.4 is 5.14 Å². The summed E-state index contributed by atoms with van der Waals surface area (Å²) < 4.78 is 31.2. The summed E-state index contributed by atoms with van der Waals surface area (Å²) in [5, 5.41) is 12.5. The summed E-state index contributed by atoms with van der Waals surface area (Å²) in [4.78, 5) is 0. The van der Waals surface area contributed by atoms with Gasteiger partial charge in [-0.25, -0.2) is 13.6 Å². The Bertz CT molecular complexity index is 741. The number of primary sulfonamides is 1. The van der Waals surface area contributed by atoms with Crippen LogP contribution in [0.3, 0.4) is 0 Å². The topological polar surface area (TPSA) is 100 Å². The first kappa shape index (κ1) is 16.6. The average Bonchev–Trinajstić information content (AvgIpc) is 2.78. The molecule has 0 saturated heterocycles. The molecule has 2 N–H and O–H groups in total. The minimum atomic E-state index is -3.96. The zero-order valence-electron chi connectivity index (χ0n) is 11.0. The Morgan fingerprint density at radius 3 is 2.38 bits per heavy atom. The standard InChI is InChI=1S/C11H12Br2N4O3S/c1-20-3-2-17-10(15-16-11(17)21(14,18)19)7-4-8(12)6-9(13)5-7/h4-6H,2-3H2,1H3,(H2,14,18,19). The van der Waals surface area contributed by atoms with Crippen molar-refractivity contribution in [2.45, 2.75) is 11.7 Å². The third-order valence-corrected chi connectivity index (χ3v) is 4.34. The van der Waals surface area contributed by atoms with Gasteiger partial charge in [-0.2, -0.15) is 0 Å². The van der Waals surface area contributed by atoms with Crippen LogP contribution in [0.4, 0.5) is 0 Å². The minimum absolute atomic E-state index is 0.273. The van der Waals surface area contributed by atoms with E-state index in [9.17, 15) is 8.42 Å². The quantitative estimate of drug-likeness (QED) is 0.764. The summed E-state index contributed by atoms with van der Waals surface area (Å²) >= 11 is 6.76. The number of methoxy groups -OCH3 is 1. The molecule has 2 aromatic rings. The molecule has 0 bridgehead atoms. The summed E-state index contributed by atoms with van der Waals surface area (Å²) in [5.41, 5.74) is 0.703. The second-order valence-electron chi connectivity index (χ2n) is 4.15. The fourth-order valence-electron chi connectivity index (χ4n) is 1.78. The third kappa shape index (κ3) is 3.89. The number of nitrogens with zero attached hydrogens (tertiary/aromatic N) is 3. The van der Waals surface area contributed by atoms with Crippen LogP contribution in [0.15, 0.2) is 32.3 Å². The van der Waals surface area contributed by atoms with Crippen LogP contribution in [-0.2, 0) is 21.3 Å². The van der Waals surface area contributed by atoms with Crippen molar-refractivity contribution in [3.8, 4) is 11.4 Å². The lowest BCUT2D eigenvalue weighted by molar-refractivity contribution is 0.185. The van der Waals surface area contributed by atoms with Crippen molar-refractivity contribution in [1.82, 2.24) is 14.8 Å². The number of aromatic nitrogens is 3. The molecule has 0 saturated carbocycles. The summed E-state index contributed by atoms with van der Waals surface area (Å²) in [7, 11) is -2.44. The normalized spacial score (nSPS) is 11.8. The Hall–Kier alpha value is -0.810. The Labute approximate surface area is 138 Å². The van der Waals surface area contributed by atoms with E-state index in [-0.39, 0.29) is 11.7 Å². The molecule has 7 nitrogen and oxygen atoms in total. The molecule has 0 fully saturated rings. The largest absolute Gasteiger partial charge is 0.383 e. The number of ether oxygens (including phenoxy) is 1. The lowest BCUT2D eigenvalue weighted by Crippen LogP contribution is -2.20. The molecule has 2 rings (SSSR count). The first-order valence-electron chi connectivity index (χ1n) is 5.74. The molecule has 0 radical (unpaired) electrons. The number of hydrogen-bond donors (Lipinski definition) is 1. The van der Waals surface area contributed by atoms with Crippen LogP contribution in [-0.4, -0.2) is 36.9 Å². The first-order valence-corrected chi connectivity index (χ1v) is 8.87. The lowest BCUT2D eigenvalue weighted by Gasteiger charge is -2.09. The summed E-state index contributed by atoms with van der Waals surface area (Å²) in [5.74, 6) is 0.401. The van der Waals surface area contributed by atoms with Gasteiger partial charge >= 0.3 is 0 Å². The van der Waals surface area contributed by atoms with Gasteiger partial charge < -0.3 is 4.74 Å². The number of rotatable bonds is 5. The van der Waals surface area contributed by atoms with Crippen molar-refractivity contribution in [3.05, 3.63) is 27.1 Å². The van der Waals surface area contributed by atoms with E-state index in [1.165, 1.54) is 11.7 Å². The Kier molecular flexibility index (Phi) is 5.15. The number of benzene rings is 1. The predicted molar refractivity (Wildman–Crippen MR) is 84.1 cm³/mol. The third-order valence-electron chi connectivity index (χ3n) is 2.61. The van der Waals surface area contributed by atoms with Gasteiger partial charge in [0.1, 0.15) is 0 Å². The molecule has 21 heavy (non-hydrogen) atoms. The molecule has 10 heteroatoms. The van der Waals surface area contributed by atoms with Gasteiger partial charge in [-0.05, 0) is 18.2 Å². The Morgan fingerprint density at radius 2 is 1.86 bits per heavy atom.